The number of benzene rings is 1. The lowest BCUT2D eigenvalue weighted by Crippen LogP contribution is -2.26. The van der Waals surface area contributed by atoms with E-state index in [9.17, 15) is 10.4 Å². The van der Waals surface area contributed by atoms with Crippen molar-refractivity contribution in [2.45, 2.75) is 12.5 Å². The number of phenols is 1. The number of rotatable bonds is 6. The molecule has 0 aliphatic rings. The number of aromatic nitrogens is 1. The molecule has 0 saturated carbocycles. The normalized spacial score (nSPS) is 11.9. The van der Waals surface area contributed by atoms with E-state index in [0.717, 1.165) is 18.5 Å². The summed E-state index contributed by atoms with van der Waals surface area (Å²) in [5.41, 5.74) is 1.98. The minimum Gasteiger partial charge on any atom is -0.504 e. The maximum Gasteiger partial charge on any atom is 0.160 e. The predicted octanol–water partition coefficient (Wildman–Crippen LogP) is 2.53. The first-order chi connectivity index (χ1) is 10.7. The van der Waals surface area contributed by atoms with Gasteiger partial charge in [-0.05, 0) is 48.9 Å². The Labute approximate surface area is 130 Å². The Balaban J connectivity index is 2.09. The Morgan fingerprint density at radius 1 is 1.32 bits per heavy atom. The molecule has 1 aromatic heterocycles. The van der Waals surface area contributed by atoms with Crippen LogP contribution in [-0.4, -0.2) is 35.7 Å². The van der Waals surface area contributed by atoms with Gasteiger partial charge in [0.25, 0.3) is 0 Å². The minimum absolute atomic E-state index is 0.0716. The van der Waals surface area contributed by atoms with Crippen molar-refractivity contribution in [1.82, 2.24) is 9.88 Å². The molecule has 114 valence electrons. The fourth-order valence-electron chi connectivity index (χ4n) is 2.28. The fraction of sp³-hybridized carbons (Fsp3) is 0.294. The molecule has 2 rings (SSSR count). The summed E-state index contributed by atoms with van der Waals surface area (Å²) in [5.74, 6) is 0.447. The van der Waals surface area contributed by atoms with Crippen LogP contribution in [-0.2, 0) is 6.42 Å². The summed E-state index contributed by atoms with van der Waals surface area (Å²) in [4.78, 5) is 5.97. The highest BCUT2D eigenvalue weighted by Crippen LogP contribution is 2.30. The van der Waals surface area contributed by atoms with Crippen LogP contribution in [0.25, 0.3) is 0 Å². The highest BCUT2D eigenvalue weighted by Gasteiger charge is 2.18. The molecule has 0 aliphatic heterocycles. The van der Waals surface area contributed by atoms with E-state index in [1.54, 1.807) is 30.6 Å². The highest BCUT2D eigenvalue weighted by molar-refractivity contribution is 5.43. The lowest BCUT2D eigenvalue weighted by Gasteiger charge is -2.23. The van der Waals surface area contributed by atoms with Gasteiger partial charge in [0.05, 0.1) is 13.2 Å². The third-order valence-electron chi connectivity index (χ3n) is 3.59. The Morgan fingerprint density at radius 2 is 2.05 bits per heavy atom. The van der Waals surface area contributed by atoms with Crippen LogP contribution in [0, 0.1) is 11.3 Å². The van der Waals surface area contributed by atoms with Crippen LogP contribution in [0.5, 0.6) is 11.5 Å². The molecule has 0 radical (unpaired) electrons. The number of nitriles is 1. The van der Waals surface area contributed by atoms with Gasteiger partial charge in [0.15, 0.2) is 11.5 Å². The van der Waals surface area contributed by atoms with Gasteiger partial charge in [0, 0.05) is 18.9 Å². The maximum atomic E-state index is 9.65. The van der Waals surface area contributed by atoms with Gasteiger partial charge in [0.2, 0.25) is 0 Å². The average molecular weight is 297 g/mol. The van der Waals surface area contributed by atoms with Crippen LogP contribution in [0.4, 0.5) is 0 Å². The molecule has 22 heavy (non-hydrogen) atoms. The predicted molar refractivity (Wildman–Crippen MR) is 83.6 cm³/mol. The number of phenolic OH excluding ortho intramolecular Hbond substituents is 1. The molecule has 1 aromatic carbocycles. The second-order valence-electron chi connectivity index (χ2n) is 5.05. The molecule has 5 nitrogen and oxygen atoms in total. The SMILES string of the molecule is COc1cc(C(C#N)N(C)CCc2ccncc2)ccc1O. The van der Waals surface area contributed by atoms with Crippen molar-refractivity contribution in [3.8, 4) is 17.6 Å². The van der Waals surface area contributed by atoms with Gasteiger partial charge in [-0.25, -0.2) is 0 Å². The van der Waals surface area contributed by atoms with Gasteiger partial charge < -0.3 is 9.84 Å². The first-order valence-electron chi connectivity index (χ1n) is 7.01. The van der Waals surface area contributed by atoms with E-state index in [0.29, 0.717) is 5.75 Å². The molecule has 1 heterocycles. The molecule has 0 aliphatic carbocycles. The van der Waals surface area contributed by atoms with Crippen molar-refractivity contribution < 1.29 is 9.84 Å². The van der Waals surface area contributed by atoms with Gasteiger partial charge in [-0.1, -0.05) is 6.07 Å². The van der Waals surface area contributed by atoms with E-state index in [4.69, 9.17) is 4.74 Å². The molecule has 0 spiro atoms. The third kappa shape index (κ3) is 3.74. The Hall–Kier alpha value is -2.58. The summed E-state index contributed by atoms with van der Waals surface area (Å²) in [5, 5.41) is 19.1. The summed E-state index contributed by atoms with van der Waals surface area (Å²) in [6.45, 7) is 0.741. The fourth-order valence-corrected chi connectivity index (χ4v) is 2.28. The van der Waals surface area contributed by atoms with Crippen molar-refractivity contribution in [3.63, 3.8) is 0 Å². The first kappa shape index (κ1) is 15.8. The molecule has 5 heteroatoms. The number of methoxy groups -OCH3 is 1. The summed E-state index contributed by atoms with van der Waals surface area (Å²) in [6.07, 6.45) is 4.37. The number of pyridine rings is 1. The van der Waals surface area contributed by atoms with Gasteiger partial charge >= 0.3 is 0 Å². The summed E-state index contributed by atoms with van der Waals surface area (Å²) in [6, 6.07) is 10.8. The first-order valence-corrected chi connectivity index (χ1v) is 7.01. The Bertz CT molecular complexity index is 653. The van der Waals surface area contributed by atoms with Crippen LogP contribution >= 0.6 is 0 Å². The molecule has 0 bridgehead atoms. The summed E-state index contributed by atoms with van der Waals surface area (Å²) >= 11 is 0. The average Bonchev–Trinajstić information content (AvgIpc) is 2.56. The quantitative estimate of drug-likeness (QED) is 0.887. The summed E-state index contributed by atoms with van der Waals surface area (Å²) in [7, 11) is 3.40. The lowest BCUT2D eigenvalue weighted by molar-refractivity contribution is 0.294. The number of nitrogens with zero attached hydrogens (tertiary/aromatic N) is 3. The second kappa shape index (κ2) is 7.43. The number of hydrogen-bond donors (Lipinski definition) is 1. The molecule has 1 N–H and O–H groups in total. The maximum absolute atomic E-state index is 9.65. The standard InChI is InChI=1S/C17H19N3O2/c1-20(10-7-13-5-8-19-9-6-13)15(12-18)14-3-4-16(21)17(11-14)22-2/h3-6,8-9,11,15,21H,7,10H2,1-2H3. The van der Waals surface area contributed by atoms with E-state index >= 15 is 0 Å². The molecular formula is C17H19N3O2. The van der Waals surface area contributed by atoms with Crippen molar-refractivity contribution >= 4 is 0 Å². The van der Waals surface area contributed by atoms with Gasteiger partial charge in [-0.15, -0.1) is 0 Å². The minimum atomic E-state index is -0.392. The third-order valence-corrected chi connectivity index (χ3v) is 3.59. The van der Waals surface area contributed by atoms with Crippen molar-refractivity contribution in [2.75, 3.05) is 20.7 Å². The van der Waals surface area contributed by atoms with E-state index in [-0.39, 0.29) is 5.75 Å². The van der Waals surface area contributed by atoms with Crippen LogP contribution in [0.2, 0.25) is 0 Å². The van der Waals surface area contributed by atoms with Crippen LogP contribution in [0.15, 0.2) is 42.7 Å². The number of likely N-dealkylation sites (N-methyl/N-ethyl adjacent to an activating group) is 1. The smallest absolute Gasteiger partial charge is 0.160 e. The number of aromatic hydroxyl groups is 1. The Kier molecular flexibility index (Phi) is 5.34. The van der Waals surface area contributed by atoms with Gasteiger partial charge in [0.1, 0.15) is 6.04 Å². The van der Waals surface area contributed by atoms with Crippen LogP contribution in [0.1, 0.15) is 17.2 Å². The zero-order chi connectivity index (χ0) is 15.9. The molecule has 0 fully saturated rings. The van der Waals surface area contributed by atoms with Crippen molar-refractivity contribution in [2.24, 2.45) is 0 Å². The van der Waals surface area contributed by atoms with E-state index < -0.39 is 6.04 Å². The van der Waals surface area contributed by atoms with E-state index in [2.05, 4.69) is 11.1 Å². The molecule has 0 amide bonds. The second-order valence-corrected chi connectivity index (χ2v) is 5.05. The largest absolute Gasteiger partial charge is 0.504 e. The van der Waals surface area contributed by atoms with E-state index in [1.807, 2.05) is 24.1 Å². The Morgan fingerprint density at radius 3 is 2.68 bits per heavy atom. The number of ether oxygens (including phenoxy) is 1. The van der Waals surface area contributed by atoms with Crippen LogP contribution < -0.4 is 4.74 Å². The molecule has 1 atom stereocenters. The van der Waals surface area contributed by atoms with E-state index in [1.165, 1.54) is 12.7 Å². The molecule has 2 aromatic rings. The topological polar surface area (TPSA) is 69.4 Å². The zero-order valence-electron chi connectivity index (χ0n) is 12.7. The zero-order valence-corrected chi connectivity index (χ0v) is 12.7. The molecule has 1 unspecified atom stereocenters. The van der Waals surface area contributed by atoms with Crippen molar-refractivity contribution in [1.29, 1.82) is 5.26 Å². The van der Waals surface area contributed by atoms with Crippen molar-refractivity contribution in [3.05, 3.63) is 53.9 Å². The number of hydrogen-bond acceptors (Lipinski definition) is 5. The monoisotopic (exact) mass is 297 g/mol. The van der Waals surface area contributed by atoms with Gasteiger partial charge in [-0.3, -0.25) is 9.88 Å². The van der Waals surface area contributed by atoms with Crippen LogP contribution in [0.3, 0.4) is 0 Å². The summed E-state index contributed by atoms with van der Waals surface area (Å²) < 4.78 is 5.10. The highest BCUT2D eigenvalue weighted by atomic mass is 16.5. The molecular weight excluding hydrogens is 278 g/mol. The van der Waals surface area contributed by atoms with Gasteiger partial charge in [-0.2, -0.15) is 5.26 Å². The lowest BCUT2D eigenvalue weighted by atomic mass is 10.1. The molecule has 0 saturated heterocycles.